The van der Waals surface area contributed by atoms with Crippen molar-refractivity contribution in [2.45, 2.75) is 31.8 Å². The summed E-state index contributed by atoms with van der Waals surface area (Å²) in [6, 6.07) is 4.45. The number of nitrogens with one attached hydrogen (secondary N) is 1. The van der Waals surface area contributed by atoms with Crippen molar-refractivity contribution in [2.75, 3.05) is 0 Å². The molecule has 0 radical (unpaired) electrons. The number of rotatable bonds is 3. The zero-order valence-corrected chi connectivity index (χ0v) is 10.2. The molecule has 1 fully saturated rings. The van der Waals surface area contributed by atoms with Gasteiger partial charge < -0.3 is 11.1 Å². The Morgan fingerprint density at radius 3 is 2.80 bits per heavy atom. The van der Waals surface area contributed by atoms with Gasteiger partial charge in [0, 0.05) is 21.8 Å². The smallest absolute Gasteiger partial charge is 0.225 e. The van der Waals surface area contributed by atoms with Gasteiger partial charge in [-0.15, -0.1) is 23.7 Å². The highest BCUT2D eigenvalue weighted by Gasteiger charge is 2.34. The van der Waals surface area contributed by atoms with Gasteiger partial charge in [-0.2, -0.15) is 0 Å². The summed E-state index contributed by atoms with van der Waals surface area (Å²) >= 11 is 1.67. The Kier molecular flexibility index (Phi) is 4.13. The molecule has 2 rings (SSSR count). The Morgan fingerprint density at radius 2 is 2.33 bits per heavy atom. The van der Waals surface area contributed by atoms with Crippen molar-refractivity contribution in [1.29, 1.82) is 0 Å². The molecule has 1 aliphatic rings. The summed E-state index contributed by atoms with van der Waals surface area (Å²) < 4.78 is 0. The summed E-state index contributed by atoms with van der Waals surface area (Å²) in [5.41, 5.74) is 5.60. The topological polar surface area (TPSA) is 55.1 Å². The van der Waals surface area contributed by atoms with E-state index in [-0.39, 0.29) is 30.4 Å². The molecule has 0 aromatic carbocycles. The van der Waals surface area contributed by atoms with Gasteiger partial charge in [-0.3, -0.25) is 4.79 Å². The van der Waals surface area contributed by atoms with Crippen molar-refractivity contribution < 1.29 is 4.79 Å². The lowest BCUT2D eigenvalue weighted by atomic mass is 10.3. The molecule has 15 heavy (non-hydrogen) atoms. The van der Waals surface area contributed by atoms with Crippen LogP contribution in [0, 0.1) is 6.92 Å². The Morgan fingerprint density at radius 1 is 1.67 bits per heavy atom. The number of thiophene rings is 1. The fourth-order valence-electron chi connectivity index (χ4n) is 1.38. The fourth-order valence-corrected chi connectivity index (χ4v) is 2.27. The third-order valence-electron chi connectivity index (χ3n) is 2.32. The molecule has 3 nitrogen and oxygen atoms in total. The van der Waals surface area contributed by atoms with E-state index >= 15 is 0 Å². The van der Waals surface area contributed by atoms with E-state index in [1.54, 1.807) is 11.3 Å². The molecule has 1 aromatic rings. The fraction of sp³-hybridized carbons (Fsp3) is 0.500. The van der Waals surface area contributed by atoms with E-state index < -0.39 is 0 Å². The minimum absolute atomic E-state index is 0. The number of amides is 1. The molecule has 1 aromatic heterocycles. The highest BCUT2D eigenvalue weighted by atomic mass is 35.5. The maximum absolute atomic E-state index is 11.5. The summed E-state index contributed by atoms with van der Waals surface area (Å²) in [7, 11) is 0. The van der Waals surface area contributed by atoms with Crippen LogP contribution in [0.2, 0.25) is 0 Å². The molecular weight excluding hydrogens is 232 g/mol. The molecule has 0 saturated heterocycles. The number of carbonyl (C=O) groups excluding carboxylic acids is 1. The predicted molar refractivity (Wildman–Crippen MR) is 64.5 cm³/mol. The number of hydrogen-bond acceptors (Lipinski definition) is 3. The zero-order valence-electron chi connectivity index (χ0n) is 8.53. The van der Waals surface area contributed by atoms with Crippen LogP contribution >= 0.6 is 23.7 Å². The van der Waals surface area contributed by atoms with Gasteiger partial charge in [0.25, 0.3) is 0 Å². The number of halogens is 1. The van der Waals surface area contributed by atoms with Crippen LogP contribution in [0.3, 0.4) is 0 Å². The van der Waals surface area contributed by atoms with E-state index in [1.807, 2.05) is 19.1 Å². The maximum atomic E-state index is 11.5. The lowest BCUT2D eigenvalue weighted by Crippen LogP contribution is -2.30. The van der Waals surface area contributed by atoms with E-state index in [0.29, 0.717) is 6.42 Å². The maximum Gasteiger partial charge on any atom is 0.225 e. The van der Waals surface area contributed by atoms with Gasteiger partial charge >= 0.3 is 0 Å². The summed E-state index contributed by atoms with van der Waals surface area (Å²) in [4.78, 5) is 13.8. The van der Waals surface area contributed by atoms with Crippen LogP contribution in [0.1, 0.15) is 16.2 Å². The first-order chi connectivity index (χ1) is 6.65. The van der Waals surface area contributed by atoms with Crippen molar-refractivity contribution in [3.63, 3.8) is 0 Å². The molecule has 1 amide bonds. The van der Waals surface area contributed by atoms with Crippen LogP contribution in [-0.4, -0.2) is 18.0 Å². The number of nitrogens with two attached hydrogens (primary N) is 1. The van der Waals surface area contributed by atoms with Crippen LogP contribution < -0.4 is 11.1 Å². The first kappa shape index (κ1) is 12.5. The van der Waals surface area contributed by atoms with Crippen molar-refractivity contribution in [2.24, 2.45) is 5.73 Å². The molecule has 1 aliphatic carbocycles. The molecule has 84 valence electrons. The molecular formula is C10H15ClN2OS. The summed E-state index contributed by atoms with van der Waals surface area (Å²) in [6.07, 6.45) is 1.41. The third-order valence-corrected chi connectivity index (χ3v) is 3.32. The minimum atomic E-state index is 0. The van der Waals surface area contributed by atoms with Gasteiger partial charge in [0.05, 0.1) is 6.42 Å². The summed E-state index contributed by atoms with van der Waals surface area (Å²) in [6.45, 7) is 2.04. The van der Waals surface area contributed by atoms with Gasteiger partial charge in [-0.05, 0) is 25.5 Å². The predicted octanol–water partition coefficient (Wildman–Crippen LogP) is 1.24. The standard InChI is InChI=1S/C10H14N2OS.ClH/c1-6-2-3-7(14-6)4-10(13)12-9-5-8(9)11;/h2-3,8-9H,4-5,11H2,1H3,(H,12,13);1H. The first-order valence-electron chi connectivity index (χ1n) is 4.75. The molecule has 0 aliphatic heterocycles. The molecule has 2 unspecified atom stereocenters. The van der Waals surface area contributed by atoms with Crippen molar-refractivity contribution in [1.82, 2.24) is 5.32 Å². The van der Waals surface area contributed by atoms with Gasteiger partial charge in [0.1, 0.15) is 0 Å². The van der Waals surface area contributed by atoms with Crippen LogP contribution in [0.15, 0.2) is 12.1 Å². The first-order valence-corrected chi connectivity index (χ1v) is 5.57. The van der Waals surface area contributed by atoms with Gasteiger partial charge in [-0.1, -0.05) is 0 Å². The Bertz CT molecular complexity index is 353. The average Bonchev–Trinajstić information content (AvgIpc) is 2.59. The Hall–Kier alpha value is -0.580. The second kappa shape index (κ2) is 4.96. The van der Waals surface area contributed by atoms with E-state index in [2.05, 4.69) is 5.32 Å². The van der Waals surface area contributed by atoms with Gasteiger partial charge in [0.2, 0.25) is 5.91 Å². The second-order valence-electron chi connectivity index (χ2n) is 3.76. The van der Waals surface area contributed by atoms with E-state index in [0.717, 1.165) is 11.3 Å². The molecule has 2 atom stereocenters. The van der Waals surface area contributed by atoms with Crippen molar-refractivity contribution in [3.05, 3.63) is 21.9 Å². The number of hydrogen-bond donors (Lipinski definition) is 2. The number of aryl methyl sites for hydroxylation is 1. The van der Waals surface area contributed by atoms with Crippen molar-refractivity contribution in [3.8, 4) is 0 Å². The molecule has 0 spiro atoms. The van der Waals surface area contributed by atoms with E-state index in [1.165, 1.54) is 4.88 Å². The lowest BCUT2D eigenvalue weighted by molar-refractivity contribution is -0.120. The van der Waals surface area contributed by atoms with E-state index in [4.69, 9.17) is 5.73 Å². The van der Waals surface area contributed by atoms with Gasteiger partial charge in [-0.25, -0.2) is 0 Å². The van der Waals surface area contributed by atoms with Crippen LogP contribution in [0.5, 0.6) is 0 Å². The molecule has 0 bridgehead atoms. The van der Waals surface area contributed by atoms with Gasteiger partial charge in [0.15, 0.2) is 0 Å². The number of carbonyl (C=O) groups is 1. The van der Waals surface area contributed by atoms with E-state index in [9.17, 15) is 4.79 Å². The SMILES string of the molecule is Cc1ccc(CC(=O)NC2CC2N)s1.Cl. The largest absolute Gasteiger partial charge is 0.351 e. The minimum Gasteiger partial charge on any atom is -0.351 e. The summed E-state index contributed by atoms with van der Waals surface area (Å²) in [5, 5.41) is 2.90. The third kappa shape index (κ3) is 3.48. The average molecular weight is 247 g/mol. The quantitative estimate of drug-likeness (QED) is 0.843. The Labute approximate surface area is 99.5 Å². The van der Waals surface area contributed by atoms with Crippen molar-refractivity contribution >= 4 is 29.7 Å². The highest BCUT2D eigenvalue weighted by Crippen LogP contribution is 2.19. The van der Waals surface area contributed by atoms with Crippen LogP contribution in [-0.2, 0) is 11.2 Å². The molecule has 1 saturated carbocycles. The summed E-state index contributed by atoms with van der Waals surface area (Å²) in [5.74, 6) is 0.0878. The monoisotopic (exact) mass is 246 g/mol. The Balaban J connectivity index is 0.00000112. The second-order valence-corrected chi connectivity index (χ2v) is 5.14. The normalized spacial score (nSPS) is 23.1. The van der Waals surface area contributed by atoms with Crippen LogP contribution in [0.25, 0.3) is 0 Å². The zero-order chi connectivity index (χ0) is 10.1. The van der Waals surface area contributed by atoms with Crippen LogP contribution in [0.4, 0.5) is 0 Å². The molecule has 1 heterocycles. The molecule has 5 heteroatoms. The molecule has 3 N–H and O–H groups in total. The highest BCUT2D eigenvalue weighted by molar-refractivity contribution is 7.12. The lowest BCUT2D eigenvalue weighted by Gasteiger charge is -2.01.